The molecule has 41 heavy (non-hydrogen) atoms. The highest BCUT2D eigenvalue weighted by Crippen LogP contribution is 2.29. The smallest absolute Gasteiger partial charge is 0.264 e. The molecule has 8 nitrogen and oxygen atoms in total. The molecule has 0 saturated carbocycles. The van der Waals surface area contributed by atoms with E-state index >= 15 is 0 Å². The quantitative estimate of drug-likeness (QED) is 0.283. The van der Waals surface area contributed by atoms with Gasteiger partial charge in [0.05, 0.1) is 17.7 Å². The molecule has 0 heterocycles. The van der Waals surface area contributed by atoms with E-state index in [9.17, 15) is 18.0 Å². The second-order valence-electron chi connectivity index (χ2n) is 10.2. The van der Waals surface area contributed by atoms with E-state index in [1.165, 1.54) is 23.1 Å². The Morgan fingerprint density at radius 3 is 2.22 bits per heavy atom. The molecule has 0 aliphatic heterocycles. The van der Waals surface area contributed by atoms with E-state index in [0.717, 1.165) is 15.4 Å². The second kappa shape index (κ2) is 14.4. The lowest BCUT2D eigenvalue weighted by Crippen LogP contribution is -2.52. The average Bonchev–Trinajstić information content (AvgIpc) is 2.96. The van der Waals surface area contributed by atoms with Gasteiger partial charge in [0.1, 0.15) is 18.3 Å². The monoisotopic (exact) mass is 599 g/mol. The van der Waals surface area contributed by atoms with Gasteiger partial charge >= 0.3 is 0 Å². The van der Waals surface area contributed by atoms with Gasteiger partial charge in [0, 0.05) is 18.1 Å². The third kappa shape index (κ3) is 8.24. The molecule has 0 saturated heterocycles. The van der Waals surface area contributed by atoms with Crippen molar-refractivity contribution >= 4 is 39.1 Å². The van der Waals surface area contributed by atoms with Crippen molar-refractivity contribution in [2.45, 2.75) is 51.6 Å². The minimum Gasteiger partial charge on any atom is -0.497 e. The highest BCUT2D eigenvalue weighted by Gasteiger charge is 2.33. The van der Waals surface area contributed by atoms with Gasteiger partial charge in [0.2, 0.25) is 11.8 Å². The number of nitrogens with one attached hydrogen (secondary N) is 1. The van der Waals surface area contributed by atoms with E-state index in [1.54, 1.807) is 49.6 Å². The number of nitrogens with zero attached hydrogens (tertiary/aromatic N) is 2. The highest BCUT2D eigenvalue weighted by atomic mass is 35.5. The zero-order valence-corrected chi connectivity index (χ0v) is 25.7. The van der Waals surface area contributed by atoms with Gasteiger partial charge in [-0.15, -0.1) is 0 Å². The topological polar surface area (TPSA) is 96.0 Å². The molecule has 1 N–H and O–H groups in total. The Morgan fingerprint density at radius 2 is 1.66 bits per heavy atom. The zero-order valence-electron chi connectivity index (χ0n) is 24.1. The fraction of sp³-hybridized carbons (Fsp3) is 0.355. The zero-order chi connectivity index (χ0) is 30.2. The Kier molecular flexibility index (Phi) is 11.2. The van der Waals surface area contributed by atoms with Gasteiger partial charge in [-0.05, 0) is 66.8 Å². The van der Waals surface area contributed by atoms with Gasteiger partial charge in [0.15, 0.2) is 0 Å². The average molecular weight is 600 g/mol. The molecule has 0 aromatic heterocycles. The number of sulfonamides is 1. The Labute approximate surface area is 248 Å². The molecule has 3 aromatic carbocycles. The number of ether oxygens (including phenoxy) is 1. The minimum absolute atomic E-state index is 0.0351. The standard InChI is InChI=1S/C31H38ClN3O5S/c1-6-29(31(37)33-19-22(2)3)34(20-24-13-16-26(40-5)17-14-24)30(36)21-35(25-15-12-23(4)28(32)18-25)41(38,39)27-10-8-7-9-11-27/h7-18,22,29H,6,19-21H2,1-5H3,(H,33,37). The maximum absolute atomic E-state index is 14.1. The summed E-state index contributed by atoms with van der Waals surface area (Å²) in [5.41, 5.74) is 1.79. The van der Waals surface area contributed by atoms with Crippen LogP contribution in [0.2, 0.25) is 5.02 Å². The summed E-state index contributed by atoms with van der Waals surface area (Å²) < 4.78 is 34.1. The van der Waals surface area contributed by atoms with Crippen LogP contribution in [-0.4, -0.2) is 51.4 Å². The van der Waals surface area contributed by atoms with Crippen LogP contribution >= 0.6 is 11.6 Å². The predicted molar refractivity (Wildman–Crippen MR) is 163 cm³/mol. The number of carbonyl (C=O) groups is 2. The summed E-state index contributed by atoms with van der Waals surface area (Å²) in [6, 6.07) is 19.1. The molecule has 0 radical (unpaired) electrons. The maximum Gasteiger partial charge on any atom is 0.264 e. The fourth-order valence-corrected chi connectivity index (χ4v) is 5.86. The molecule has 0 aliphatic rings. The Balaban J connectivity index is 2.05. The van der Waals surface area contributed by atoms with Crippen LogP contribution in [0.25, 0.3) is 0 Å². The van der Waals surface area contributed by atoms with E-state index in [1.807, 2.05) is 39.8 Å². The van der Waals surface area contributed by atoms with E-state index in [-0.39, 0.29) is 29.0 Å². The van der Waals surface area contributed by atoms with Crippen molar-refractivity contribution < 1.29 is 22.7 Å². The van der Waals surface area contributed by atoms with Crippen LogP contribution in [0, 0.1) is 12.8 Å². The lowest BCUT2D eigenvalue weighted by atomic mass is 10.1. The molecular weight excluding hydrogens is 562 g/mol. The first kappa shape index (κ1) is 32.0. The van der Waals surface area contributed by atoms with Crippen LogP contribution in [0.15, 0.2) is 77.7 Å². The first-order chi connectivity index (χ1) is 19.5. The summed E-state index contributed by atoms with van der Waals surface area (Å²) >= 11 is 6.38. The molecule has 10 heteroatoms. The largest absolute Gasteiger partial charge is 0.497 e. The van der Waals surface area contributed by atoms with Gasteiger partial charge in [0.25, 0.3) is 10.0 Å². The lowest BCUT2D eigenvalue weighted by molar-refractivity contribution is -0.140. The third-order valence-electron chi connectivity index (χ3n) is 6.64. The predicted octanol–water partition coefficient (Wildman–Crippen LogP) is 5.43. The number of rotatable bonds is 13. The number of methoxy groups -OCH3 is 1. The summed E-state index contributed by atoms with van der Waals surface area (Å²) in [5.74, 6) is 0.0622. The number of aryl methyl sites for hydroxylation is 1. The lowest BCUT2D eigenvalue weighted by Gasteiger charge is -2.33. The van der Waals surface area contributed by atoms with Crippen LogP contribution in [-0.2, 0) is 26.2 Å². The van der Waals surface area contributed by atoms with Gasteiger partial charge < -0.3 is 15.0 Å². The van der Waals surface area contributed by atoms with E-state index in [0.29, 0.717) is 23.7 Å². The first-order valence-electron chi connectivity index (χ1n) is 13.5. The summed E-state index contributed by atoms with van der Waals surface area (Å²) in [6.07, 6.45) is 0.341. The van der Waals surface area contributed by atoms with Crippen LogP contribution in [0.5, 0.6) is 5.75 Å². The number of carbonyl (C=O) groups excluding carboxylic acids is 2. The SMILES string of the molecule is CCC(C(=O)NCC(C)C)N(Cc1ccc(OC)cc1)C(=O)CN(c1ccc(C)c(Cl)c1)S(=O)(=O)c1ccccc1. The van der Waals surface area contributed by atoms with Gasteiger partial charge in [-0.2, -0.15) is 0 Å². The van der Waals surface area contributed by atoms with Crippen molar-refractivity contribution in [3.63, 3.8) is 0 Å². The van der Waals surface area contributed by atoms with Gasteiger partial charge in [-0.25, -0.2) is 8.42 Å². The first-order valence-corrected chi connectivity index (χ1v) is 15.3. The van der Waals surface area contributed by atoms with Crippen molar-refractivity contribution in [3.8, 4) is 5.75 Å². The van der Waals surface area contributed by atoms with Crippen LogP contribution in [0.1, 0.15) is 38.3 Å². The Morgan fingerprint density at radius 1 is 1.00 bits per heavy atom. The normalized spacial score (nSPS) is 12.1. The van der Waals surface area contributed by atoms with Crippen LogP contribution in [0.3, 0.4) is 0 Å². The fourth-order valence-electron chi connectivity index (χ4n) is 4.25. The van der Waals surface area contributed by atoms with E-state index in [2.05, 4.69) is 5.32 Å². The van der Waals surface area contributed by atoms with Crippen molar-refractivity contribution in [1.82, 2.24) is 10.2 Å². The van der Waals surface area contributed by atoms with Crippen LogP contribution < -0.4 is 14.4 Å². The van der Waals surface area contributed by atoms with Crippen molar-refractivity contribution in [2.75, 3.05) is 24.5 Å². The Hall–Kier alpha value is -3.56. The molecule has 0 bridgehead atoms. The molecule has 3 rings (SSSR count). The van der Waals surface area contributed by atoms with Crippen molar-refractivity contribution in [2.24, 2.45) is 5.92 Å². The van der Waals surface area contributed by atoms with Crippen LogP contribution in [0.4, 0.5) is 5.69 Å². The number of benzene rings is 3. The molecule has 0 aliphatic carbocycles. The Bertz CT molecular complexity index is 1430. The molecular formula is C31H38ClN3O5S. The molecule has 220 valence electrons. The van der Waals surface area contributed by atoms with Crippen molar-refractivity contribution in [1.29, 1.82) is 0 Å². The second-order valence-corrected chi connectivity index (χ2v) is 12.5. The van der Waals surface area contributed by atoms with E-state index in [4.69, 9.17) is 16.3 Å². The summed E-state index contributed by atoms with van der Waals surface area (Å²) in [7, 11) is -2.59. The highest BCUT2D eigenvalue weighted by molar-refractivity contribution is 7.92. The number of hydrogen-bond acceptors (Lipinski definition) is 5. The molecule has 0 spiro atoms. The van der Waals surface area contributed by atoms with Crippen molar-refractivity contribution in [3.05, 3.63) is 88.9 Å². The molecule has 1 atom stereocenters. The molecule has 0 fully saturated rings. The van der Waals surface area contributed by atoms with E-state index < -0.39 is 28.5 Å². The maximum atomic E-state index is 14.1. The number of amides is 2. The minimum atomic E-state index is -4.16. The molecule has 3 aromatic rings. The molecule has 1 unspecified atom stereocenters. The summed E-state index contributed by atoms with van der Waals surface area (Å²) in [5, 5.41) is 3.30. The third-order valence-corrected chi connectivity index (χ3v) is 8.83. The van der Waals surface area contributed by atoms with Gasteiger partial charge in [-0.3, -0.25) is 13.9 Å². The number of halogens is 1. The number of anilines is 1. The molecule has 2 amide bonds. The summed E-state index contributed by atoms with van der Waals surface area (Å²) in [4.78, 5) is 28.9. The van der Waals surface area contributed by atoms with Gasteiger partial charge in [-0.1, -0.05) is 68.8 Å². The number of hydrogen-bond donors (Lipinski definition) is 1. The summed E-state index contributed by atoms with van der Waals surface area (Å²) in [6.45, 7) is 7.64.